The Morgan fingerprint density at radius 1 is 1.75 bits per heavy atom. The molecule has 2 heteroatoms. The zero-order valence-electron chi connectivity index (χ0n) is 5.65. The Hall–Kier alpha value is -0.0800. The van der Waals surface area contributed by atoms with E-state index in [1.165, 1.54) is 13.0 Å². The lowest BCUT2D eigenvalue weighted by Gasteiger charge is -2.14. The first-order valence-corrected chi connectivity index (χ1v) is 3.25. The average molecular weight is 114 g/mol. The van der Waals surface area contributed by atoms with Crippen LogP contribution in [0.15, 0.2) is 0 Å². The molecule has 8 heavy (non-hydrogen) atoms. The molecule has 0 aromatic rings. The summed E-state index contributed by atoms with van der Waals surface area (Å²) in [6, 6.07) is 0.787. The Morgan fingerprint density at radius 3 is 2.75 bits per heavy atom. The van der Waals surface area contributed by atoms with E-state index in [0.29, 0.717) is 0 Å². The van der Waals surface area contributed by atoms with Crippen LogP contribution >= 0.6 is 0 Å². The molecule has 0 spiro atoms. The van der Waals surface area contributed by atoms with Crippen molar-refractivity contribution in [2.24, 2.45) is 0 Å². The minimum Gasteiger partial charge on any atom is -0.303 e. The quantitative estimate of drug-likeness (QED) is 0.526. The first kappa shape index (κ1) is 6.05. The van der Waals surface area contributed by atoms with Gasteiger partial charge in [-0.25, -0.2) is 0 Å². The fourth-order valence-electron chi connectivity index (χ4n) is 1.15. The summed E-state index contributed by atoms with van der Waals surface area (Å²) in [5.41, 5.74) is 0. The highest BCUT2D eigenvalue weighted by Crippen LogP contribution is 2.03. The van der Waals surface area contributed by atoms with E-state index in [9.17, 15) is 0 Å². The van der Waals surface area contributed by atoms with E-state index in [2.05, 4.69) is 24.2 Å². The monoisotopic (exact) mass is 114 g/mol. The van der Waals surface area contributed by atoms with Crippen molar-refractivity contribution < 1.29 is 0 Å². The van der Waals surface area contributed by atoms with E-state index in [4.69, 9.17) is 0 Å². The van der Waals surface area contributed by atoms with Crippen molar-refractivity contribution in [1.29, 1.82) is 0 Å². The largest absolute Gasteiger partial charge is 0.303 e. The molecule has 0 saturated carbocycles. The third kappa shape index (κ3) is 1.01. The zero-order chi connectivity index (χ0) is 5.98. The smallest absolute Gasteiger partial charge is 0.0481 e. The highest BCUT2D eigenvalue weighted by atomic mass is 15.3. The molecule has 0 aromatic carbocycles. The first-order chi connectivity index (χ1) is 3.84. The second-order valence-electron chi connectivity index (χ2n) is 2.43. The van der Waals surface area contributed by atoms with Gasteiger partial charge in [-0.3, -0.25) is 4.90 Å². The molecule has 0 radical (unpaired) electrons. The summed E-state index contributed by atoms with van der Waals surface area (Å²) in [5, 5.41) is 3.30. The lowest BCUT2D eigenvalue weighted by atomic mass is 10.2. The maximum Gasteiger partial charge on any atom is 0.0481 e. The van der Waals surface area contributed by atoms with Crippen molar-refractivity contribution in [3.63, 3.8) is 0 Å². The minimum absolute atomic E-state index is 0.787. The normalized spacial score (nSPS) is 31.5. The fourth-order valence-corrected chi connectivity index (χ4v) is 1.15. The van der Waals surface area contributed by atoms with Crippen LogP contribution in [0.25, 0.3) is 0 Å². The number of likely N-dealkylation sites (N-methyl/N-ethyl adjacent to an activating group) is 1. The Morgan fingerprint density at radius 2 is 2.50 bits per heavy atom. The van der Waals surface area contributed by atoms with Crippen LogP contribution in [0, 0.1) is 0 Å². The van der Waals surface area contributed by atoms with Gasteiger partial charge in [0.25, 0.3) is 0 Å². The van der Waals surface area contributed by atoms with Crippen LogP contribution in [0.4, 0.5) is 0 Å². The second-order valence-corrected chi connectivity index (χ2v) is 2.43. The van der Waals surface area contributed by atoms with Gasteiger partial charge in [0.15, 0.2) is 0 Å². The van der Waals surface area contributed by atoms with Crippen LogP contribution in [0.2, 0.25) is 0 Å². The van der Waals surface area contributed by atoms with Gasteiger partial charge in [0, 0.05) is 19.3 Å². The van der Waals surface area contributed by atoms with Crippen molar-refractivity contribution >= 4 is 0 Å². The summed E-state index contributed by atoms with van der Waals surface area (Å²) < 4.78 is 0. The lowest BCUT2D eigenvalue weighted by molar-refractivity contribution is 0.310. The van der Waals surface area contributed by atoms with Crippen LogP contribution in [0.3, 0.4) is 0 Å². The Balaban J connectivity index is 2.30. The standard InChI is InChI=1S/C6H14N2/c1-3-6-4-7-5-8(6)2/h6-7H,3-5H2,1-2H3. The highest BCUT2D eigenvalue weighted by molar-refractivity contribution is 4.74. The van der Waals surface area contributed by atoms with E-state index >= 15 is 0 Å². The van der Waals surface area contributed by atoms with Crippen LogP contribution in [0.5, 0.6) is 0 Å². The van der Waals surface area contributed by atoms with Gasteiger partial charge >= 0.3 is 0 Å². The Labute approximate surface area is 50.9 Å². The molecule has 48 valence electrons. The predicted octanol–water partition coefficient (Wildman–Crippen LogP) is 0.258. The molecular weight excluding hydrogens is 100 g/mol. The predicted molar refractivity (Wildman–Crippen MR) is 34.7 cm³/mol. The number of rotatable bonds is 1. The number of hydrogen-bond donors (Lipinski definition) is 1. The maximum absolute atomic E-state index is 3.30. The van der Waals surface area contributed by atoms with Gasteiger partial charge in [-0.2, -0.15) is 0 Å². The SMILES string of the molecule is CCC1CNCN1C. The van der Waals surface area contributed by atoms with Gasteiger partial charge in [-0.05, 0) is 13.5 Å². The van der Waals surface area contributed by atoms with Gasteiger partial charge in [-0.15, -0.1) is 0 Å². The average Bonchev–Trinajstić information content (AvgIpc) is 2.14. The van der Waals surface area contributed by atoms with E-state index in [-0.39, 0.29) is 0 Å². The summed E-state index contributed by atoms with van der Waals surface area (Å²) in [6.07, 6.45) is 1.27. The van der Waals surface area contributed by atoms with Crippen molar-refractivity contribution in [3.8, 4) is 0 Å². The molecule has 0 bridgehead atoms. The second kappa shape index (κ2) is 2.46. The van der Waals surface area contributed by atoms with Crippen LogP contribution in [-0.2, 0) is 0 Å². The molecular formula is C6H14N2. The lowest BCUT2D eigenvalue weighted by Crippen LogP contribution is -2.25. The number of nitrogens with one attached hydrogen (secondary N) is 1. The van der Waals surface area contributed by atoms with Gasteiger partial charge in [0.05, 0.1) is 0 Å². The summed E-state index contributed by atoms with van der Waals surface area (Å²) >= 11 is 0. The van der Waals surface area contributed by atoms with Crippen LogP contribution in [-0.4, -0.2) is 31.2 Å². The van der Waals surface area contributed by atoms with E-state index in [1.54, 1.807) is 0 Å². The Bertz CT molecular complexity index is 72.9. The summed E-state index contributed by atoms with van der Waals surface area (Å²) in [6.45, 7) is 4.47. The van der Waals surface area contributed by atoms with Gasteiger partial charge in [0.1, 0.15) is 0 Å². The topological polar surface area (TPSA) is 15.3 Å². The van der Waals surface area contributed by atoms with Gasteiger partial charge in [0.2, 0.25) is 0 Å². The third-order valence-electron chi connectivity index (χ3n) is 1.84. The molecule has 1 rings (SSSR count). The molecule has 1 saturated heterocycles. The Kier molecular flexibility index (Phi) is 1.86. The van der Waals surface area contributed by atoms with Crippen molar-refractivity contribution in [1.82, 2.24) is 10.2 Å². The third-order valence-corrected chi connectivity index (χ3v) is 1.84. The minimum atomic E-state index is 0.787. The molecule has 1 aliphatic heterocycles. The maximum atomic E-state index is 3.30. The molecule has 0 aromatic heterocycles. The zero-order valence-corrected chi connectivity index (χ0v) is 5.65. The molecule has 0 aliphatic carbocycles. The van der Waals surface area contributed by atoms with E-state index in [0.717, 1.165) is 12.7 Å². The molecule has 1 aliphatic rings. The van der Waals surface area contributed by atoms with Crippen LogP contribution < -0.4 is 5.32 Å². The molecule has 1 N–H and O–H groups in total. The molecule has 0 amide bonds. The van der Waals surface area contributed by atoms with E-state index < -0.39 is 0 Å². The van der Waals surface area contributed by atoms with Gasteiger partial charge < -0.3 is 5.32 Å². The van der Waals surface area contributed by atoms with E-state index in [1.807, 2.05) is 0 Å². The summed E-state index contributed by atoms with van der Waals surface area (Å²) in [7, 11) is 2.16. The molecule has 2 nitrogen and oxygen atoms in total. The van der Waals surface area contributed by atoms with Gasteiger partial charge in [-0.1, -0.05) is 6.92 Å². The molecule has 1 atom stereocenters. The van der Waals surface area contributed by atoms with Crippen LogP contribution in [0.1, 0.15) is 13.3 Å². The molecule has 1 heterocycles. The number of hydrogen-bond acceptors (Lipinski definition) is 2. The summed E-state index contributed by atoms with van der Waals surface area (Å²) in [5.74, 6) is 0. The fraction of sp³-hybridized carbons (Fsp3) is 1.00. The highest BCUT2D eigenvalue weighted by Gasteiger charge is 2.16. The molecule has 1 fully saturated rings. The summed E-state index contributed by atoms with van der Waals surface area (Å²) in [4.78, 5) is 2.35. The molecule has 1 unspecified atom stereocenters. The first-order valence-electron chi connectivity index (χ1n) is 3.25. The van der Waals surface area contributed by atoms with Crippen molar-refractivity contribution in [2.75, 3.05) is 20.3 Å². The van der Waals surface area contributed by atoms with Crippen molar-refractivity contribution in [2.45, 2.75) is 19.4 Å². The van der Waals surface area contributed by atoms with Crippen molar-refractivity contribution in [3.05, 3.63) is 0 Å². The number of nitrogens with zero attached hydrogens (tertiary/aromatic N) is 1.